The zero-order valence-corrected chi connectivity index (χ0v) is 24.6. The van der Waals surface area contributed by atoms with Crippen molar-refractivity contribution < 1.29 is 14.0 Å². The Labute approximate surface area is 222 Å². The molecule has 0 aliphatic carbocycles. The van der Waals surface area contributed by atoms with Crippen molar-refractivity contribution in [3.8, 4) is 5.75 Å². The Hall–Kier alpha value is -3.06. The third kappa shape index (κ3) is 6.09. The first-order chi connectivity index (χ1) is 17.4. The van der Waals surface area contributed by atoms with E-state index < -0.39 is 20.1 Å². The van der Waals surface area contributed by atoms with Crippen molar-refractivity contribution in [3.05, 3.63) is 59.3 Å². The number of primary amides is 1. The Bertz CT molecular complexity index is 1240. The molecule has 200 valence electrons. The van der Waals surface area contributed by atoms with Crippen LogP contribution in [0.4, 0.5) is 5.69 Å². The van der Waals surface area contributed by atoms with E-state index in [0.29, 0.717) is 28.2 Å². The highest BCUT2D eigenvalue weighted by Gasteiger charge is 2.47. The number of rotatable bonds is 11. The van der Waals surface area contributed by atoms with Crippen LogP contribution in [0.1, 0.15) is 84.4 Å². The number of aromatic nitrogens is 1. The molecule has 37 heavy (non-hydrogen) atoms. The minimum atomic E-state index is -2.06. The van der Waals surface area contributed by atoms with Gasteiger partial charge in [0.1, 0.15) is 12.2 Å². The maximum atomic E-state index is 12.1. The normalized spacial score (nSPS) is 12.2. The summed E-state index contributed by atoms with van der Waals surface area (Å²) >= 11 is 0. The third-order valence-electron chi connectivity index (χ3n) is 7.49. The Morgan fingerprint density at radius 3 is 2.19 bits per heavy atom. The largest absolute Gasteiger partial charge is 0.542 e. The molecule has 2 amide bonds. The summed E-state index contributed by atoms with van der Waals surface area (Å²) in [6.45, 7) is 18.3. The number of carbonyl (C=O) groups excluding carboxylic acids is 2. The van der Waals surface area contributed by atoms with Gasteiger partial charge in [-0.15, -0.1) is 0 Å². The Morgan fingerprint density at radius 1 is 0.973 bits per heavy atom. The molecule has 0 unspecified atom stereocenters. The second-order valence-electron chi connectivity index (χ2n) is 11.4. The van der Waals surface area contributed by atoms with Gasteiger partial charge in [-0.3, -0.25) is 9.59 Å². The predicted molar refractivity (Wildman–Crippen MR) is 156 cm³/mol. The molecule has 0 spiro atoms. The molecule has 0 aliphatic rings. The van der Waals surface area contributed by atoms with Gasteiger partial charge >= 0.3 is 0 Å². The lowest BCUT2D eigenvalue weighted by Crippen LogP contribution is -2.50. The maximum absolute atomic E-state index is 12.1. The molecule has 0 fully saturated rings. The summed E-state index contributed by atoms with van der Waals surface area (Å²) in [5.74, 6) is 0.292. The van der Waals surface area contributed by atoms with Crippen LogP contribution in [-0.4, -0.2) is 25.1 Å². The molecule has 0 saturated carbocycles. The van der Waals surface area contributed by atoms with Crippen molar-refractivity contribution in [2.75, 3.05) is 5.32 Å². The van der Waals surface area contributed by atoms with Crippen LogP contribution in [0.25, 0.3) is 10.9 Å². The molecule has 6 nitrogen and oxygen atoms in total. The van der Waals surface area contributed by atoms with Crippen LogP contribution in [0.5, 0.6) is 5.75 Å². The van der Waals surface area contributed by atoms with Crippen LogP contribution in [-0.2, 0) is 16.0 Å². The number of nitrogens with two attached hydrogens (primary N) is 1. The fourth-order valence-corrected chi connectivity index (χ4v) is 11.1. The minimum Gasteiger partial charge on any atom is -0.542 e. The molecule has 0 radical (unpaired) electrons. The first kappa shape index (κ1) is 28.5. The van der Waals surface area contributed by atoms with Crippen LogP contribution in [0, 0.1) is 0 Å². The summed E-state index contributed by atoms with van der Waals surface area (Å²) in [7, 11) is -2.06. The lowest BCUT2D eigenvalue weighted by molar-refractivity contribution is -0.124. The van der Waals surface area contributed by atoms with Crippen molar-refractivity contribution in [3.63, 3.8) is 0 Å². The topological polar surface area (TPSA) is 97.2 Å². The summed E-state index contributed by atoms with van der Waals surface area (Å²) in [5.41, 5.74) is 11.8. The predicted octanol–water partition coefficient (Wildman–Crippen LogP) is 7.25. The van der Waals surface area contributed by atoms with E-state index >= 15 is 0 Å². The number of benzene rings is 2. The summed E-state index contributed by atoms with van der Waals surface area (Å²) in [6, 6.07) is 12.4. The van der Waals surface area contributed by atoms with Crippen LogP contribution < -0.4 is 15.5 Å². The number of hydrogen-bond acceptors (Lipinski definition) is 3. The maximum Gasteiger partial charge on any atom is 0.258 e. The molecular formula is C30H43N3O3Si. The molecular weight excluding hydrogens is 478 g/mol. The third-order valence-corrected chi connectivity index (χ3v) is 13.5. The molecule has 0 saturated heterocycles. The molecule has 4 N–H and O–H groups in total. The van der Waals surface area contributed by atoms with E-state index in [2.05, 4.69) is 83.9 Å². The number of nitrogens with one attached hydrogen (secondary N) is 2. The Balaban J connectivity index is 1.93. The van der Waals surface area contributed by atoms with Gasteiger partial charge in [0.15, 0.2) is 0 Å². The SMILES string of the molecule is CC(C)c1cc(Cc2c[nH]c3c(NC(=O)CC(N)=O)cccc23)ccc1O[Si](C(C)C)(C(C)C)C(C)C. The first-order valence-corrected chi connectivity index (χ1v) is 15.5. The fraction of sp³-hybridized carbons (Fsp3) is 0.467. The van der Waals surface area contributed by atoms with E-state index in [9.17, 15) is 9.59 Å². The molecule has 1 aromatic heterocycles. The molecule has 0 bridgehead atoms. The molecule has 1 heterocycles. The van der Waals surface area contributed by atoms with Gasteiger partial charge in [-0.1, -0.05) is 79.7 Å². The molecule has 7 heteroatoms. The van der Waals surface area contributed by atoms with E-state index in [-0.39, 0.29) is 6.42 Å². The summed E-state index contributed by atoms with van der Waals surface area (Å²) in [6.07, 6.45) is 2.40. The van der Waals surface area contributed by atoms with Crippen LogP contribution >= 0.6 is 0 Å². The monoisotopic (exact) mass is 521 g/mol. The van der Waals surface area contributed by atoms with E-state index in [4.69, 9.17) is 10.2 Å². The van der Waals surface area contributed by atoms with Crippen molar-refractivity contribution >= 4 is 36.7 Å². The van der Waals surface area contributed by atoms with Crippen LogP contribution in [0.15, 0.2) is 42.6 Å². The van der Waals surface area contributed by atoms with Gasteiger partial charge in [-0.05, 0) is 57.8 Å². The molecule has 0 atom stereocenters. The standard InChI is InChI=1S/C30H43N3O3Si/c1-18(2)25-15-22(12-13-27(25)36-37(19(3)4,20(5)6)21(7)8)14-23-17-32-30-24(23)10-9-11-26(30)33-29(35)16-28(31)34/h9-13,15,17-21,32H,14,16H2,1-8H3,(H2,31,34)(H,33,35). The van der Waals surface area contributed by atoms with Gasteiger partial charge in [0.05, 0.1) is 11.2 Å². The number of amides is 2. The highest BCUT2D eigenvalue weighted by molar-refractivity contribution is 6.78. The van der Waals surface area contributed by atoms with E-state index in [1.807, 2.05) is 24.4 Å². The summed E-state index contributed by atoms with van der Waals surface area (Å²) in [4.78, 5) is 26.5. The average Bonchev–Trinajstić information content (AvgIpc) is 3.20. The van der Waals surface area contributed by atoms with Crippen molar-refractivity contribution in [1.82, 2.24) is 4.98 Å². The number of hydrogen-bond donors (Lipinski definition) is 3. The summed E-state index contributed by atoms with van der Waals surface area (Å²) in [5, 5.41) is 3.83. The molecule has 0 aliphatic heterocycles. The number of aromatic amines is 1. The minimum absolute atomic E-state index is 0.336. The van der Waals surface area contributed by atoms with E-state index in [0.717, 1.165) is 28.6 Å². The molecule has 3 rings (SSSR count). The summed E-state index contributed by atoms with van der Waals surface area (Å²) < 4.78 is 7.08. The quantitative estimate of drug-likeness (QED) is 0.183. The zero-order chi connectivity index (χ0) is 27.5. The van der Waals surface area contributed by atoms with E-state index in [1.165, 1.54) is 11.1 Å². The smallest absolute Gasteiger partial charge is 0.258 e. The van der Waals surface area contributed by atoms with Gasteiger partial charge in [0.25, 0.3) is 8.32 Å². The Morgan fingerprint density at radius 2 is 1.62 bits per heavy atom. The molecule has 3 aromatic rings. The zero-order valence-electron chi connectivity index (χ0n) is 23.6. The van der Waals surface area contributed by atoms with Crippen LogP contribution in [0.2, 0.25) is 16.6 Å². The second kappa shape index (κ2) is 11.5. The average molecular weight is 522 g/mol. The Kier molecular flexibility index (Phi) is 8.90. The number of fused-ring (bicyclic) bond motifs is 1. The van der Waals surface area contributed by atoms with Crippen molar-refractivity contribution in [2.45, 2.75) is 90.8 Å². The van der Waals surface area contributed by atoms with Gasteiger partial charge in [-0.25, -0.2) is 0 Å². The van der Waals surface area contributed by atoms with E-state index in [1.54, 1.807) is 0 Å². The highest BCUT2D eigenvalue weighted by atomic mass is 28.4. The lowest BCUT2D eigenvalue weighted by atomic mass is 9.96. The van der Waals surface area contributed by atoms with Gasteiger partial charge in [-0.2, -0.15) is 0 Å². The highest BCUT2D eigenvalue weighted by Crippen LogP contribution is 2.44. The van der Waals surface area contributed by atoms with Crippen molar-refractivity contribution in [1.29, 1.82) is 0 Å². The fourth-order valence-electron chi connectivity index (χ4n) is 5.83. The number of anilines is 1. The second-order valence-corrected chi connectivity index (χ2v) is 16.7. The first-order valence-electron chi connectivity index (χ1n) is 13.4. The number of para-hydroxylation sites is 1. The molecule has 2 aromatic carbocycles. The van der Waals surface area contributed by atoms with Gasteiger partial charge in [0, 0.05) is 11.6 Å². The lowest BCUT2D eigenvalue weighted by Gasteiger charge is -2.43. The van der Waals surface area contributed by atoms with Gasteiger partial charge < -0.3 is 20.5 Å². The van der Waals surface area contributed by atoms with Gasteiger partial charge in [0.2, 0.25) is 11.8 Å². The van der Waals surface area contributed by atoms with Crippen molar-refractivity contribution in [2.24, 2.45) is 5.73 Å². The van der Waals surface area contributed by atoms with Crippen LogP contribution in [0.3, 0.4) is 0 Å². The number of carbonyl (C=O) groups is 2. The number of H-pyrrole nitrogens is 1.